The average molecular weight is 346 g/mol. The van der Waals surface area contributed by atoms with Crippen LogP contribution in [0, 0.1) is 6.92 Å². The van der Waals surface area contributed by atoms with E-state index in [0.717, 1.165) is 11.1 Å². The van der Waals surface area contributed by atoms with Gasteiger partial charge in [0.1, 0.15) is 0 Å². The SMILES string of the molecule is Cc1cccc(C(=O)NC(CCC(=O)O)Cc2ccccc2)c1Cl. The van der Waals surface area contributed by atoms with Gasteiger partial charge in [-0.3, -0.25) is 9.59 Å². The topological polar surface area (TPSA) is 66.4 Å². The zero-order valence-corrected chi connectivity index (χ0v) is 14.2. The van der Waals surface area contributed by atoms with Gasteiger partial charge in [-0.15, -0.1) is 0 Å². The molecule has 0 saturated heterocycles. The van der Waals surface area contributed by atoms with E-state index in [9.17, 15) is 9.59 Å². The minimum atomic E-state index is -0.879. The molecule has 0 saturated carbocycles. The van der Waals surface area contributed by atoms with Crippen molar-refractivity contribution in [2.75, 3.05) is 0 Å². The van der Waals surface area contributed by atoms with Gasteiger partial charge in [0.15, 0.2) is 0 Å². The highest BCUT2D eigenvalue weighted by Gasteiger charge is 2.18. The lowest BCUT2D eigenvalue weighted by molar-refractivity contribution is -0.137. The Bertz CT molecular complexity index is 716. The van der Waals surface area contributed by atoms with Crippen molar-refractivity contribution < 1.29 is 14.7 Å². The number of rotatable bonds is 7. The molecule has 1 unspecified atom stereocenters. The van der Waals surface area contributed by atoms with Gasteiger partial charge in [0.2, 0.25) is 0 Å². The highest BCUT2D eigenvalue weighted by Crippen LogP contribution is 2.20. The molecule has 4 nitrogen and oxygen atoms in total. The second-order valence-electron chi connectivity index (χ2n) is 5.73. The Balaban J connectivity index is 2.12. The summed E-state index contributed by atoms with van der Waals surface area (Å²) >= 11 is 6.20. The molecular weight excluding hydrogens is 326 g/mol. The van der Waals surface area contributed by atoms with Gasteiger partial charge < -0.3 is 10.4 Å². The molecule has 1 amide bonds. The maximum Gasteiger partial charge on any atom is 0.303 e. The van der Waals surface area contributed by atoms with Crippen LogP contribution in [0.15, 0.2) is 48.5 Å². The molecule has 0 aliphatic carbocycles. The quantitative estimate of drug-likeness (QED) is 0.800. The summed E-state index contributed by atoms with van der Waals surface area (Å²) < 4.78 is 0. The summed E-state index contributed by atoms with van der Waals surface area (Å²) in [6.07, 6.45) is 0.933. The van der Waals surface area contributed by atoms with E-state index < -0.39 is 5.97 Å². The summed E-state index contributed by atoms with van der Waals surface area (Å²) in [5.41, 5.74) is 2.28. The van der Waals surface area contributed by atoms with Crippen LogP contribution >= 0.6 is 11.6 Å². The molecule has 24 heavy (non-hydrogen) atoms. The summed E-state index contributed by atoms with van der Waals surface area (Å²) in [4.78, 5) is 23.4. The monoisotopic (exact) mass is 345 g/mol. The van der Waals surface area contributed by atoms with Gasteiger partial charge in [-0.1, -0.05) is 54.1 Å². The number of carboxylic acids is 1. The molecule has 2 rings (SSSR count). The van der Waals surface area contributed by atoms with Crippen LogP contribution in [0.3, 0.4) is 0 Å². The van der Waals surface area contributed by atoms with Crippen molar-refractivity contribution in [3.05, 3.63) is 70.2 Å². The lowest BCUT2D eigenvalue weighted by atomic mass is 10.0. The average Bonchev–Trinajstić information content (AvgIpc) is 2.56. The largest absolute Gasteiger partial charge is 0.481 e. The number of carbonyl (C=O) groups is 2. The maximum absolute atomic E-state index is 12.5. The summed E-state index contributed by atoms with van der Waals surface area (Å²) in [5.74, 6) is -1.16. The van der Waals surface area contributed by atoms with Crippen molar-refractivity contribution in [3.8, 4) is 0 Å². The van der Waals surface area contributed by atoms with Crippen LogP contribution in [0.2, 0.25) is 5.02 Å². The molecule has 0 aliphatic heterocycles. The van der Waals surface area contributed by atoms with E-state index in [2.05, 4.69) is 5.32 Å². The summed E-state index contributed by atoms with van der Waals surface area (Å²) in [5, 5.41) is 12.3. The van der Waals surface area contributed by atoms with E-state index in [1.54, 1.807) is 12.1 Å². The highest BCUT2D eigenvalue weighted by molar-refractivity contribution is 6.34. The van der Waals surface area contributed by atoms with Crippen LogP contribution < -0.4 is 5.32 Å². The number of amides is 1. The Labute approximate surface area is 146 Å². The third-order valence-electron chi connectivity index (χ3n) is 3.80. The van der Waals surface area contributed by atoms with Gasteiger partial charge in [-0.05, 0) is 37.0 Å². The summed E-state index contributed by atoms with van der Waals surface area (Å²) in [6, 6.07) is 14.7. The lowest BCUT2D eigenvalue weighted by Gasteiger charge is -2.19. The lowest BCUT2D eigenvalue weighted by Crippen LogP contribution is -2.37. The predicted molar refractivity (Wildman–Crippen MR) is 94.5 cm³/mol. The smallest absolute Gasteiger partial charge is 0.303 e. The third-order valence-corrected chi connectivity index (χ3v) is 4.30. The molecule has 0 heterocycles. The Morgan fingerprint density at radius 2 is 1.83 bits per heavy atom. The van der Waals surface area contributed by atoms with Crippen molar-refractivity contribution in [2.45, 2.75) is 32.2 Å². The van der Waals surface area contributed by atoms with E-state index in [0.29, 0.717) is 23.4 Å². The fourth-order valence-electron chi connectivity index (χ4n) is 2.51. The van der Waals surface area contributed by atoms with Crippen LogP contribution in [0.5, 0.6) is 0 Å². The Morgan fingerprint density at radius 3 is 2.50 bits per heavy atom. The number of benzene rings is 2. The predicted octanol–water partition coefficient (Wildman–Crippen LogP) is 3.85. The number of aliphatic carboxylic acids is 1. The standard InChI is InChI=1S/C19H20ClNO3/c1-13-6-5-9-16(18(13)20)19(24)21-15(10-11-17(22)23)12-14-7-3-2-4-8-14/h2-9,15H,10-12H2,1H3,(H,21,24)(H,22,23). The van der Waals surface area contributed by atoms with Crippen LogP contribution in [0.25, 0.3) is 0 Å². The molecule has 0 bridgehead atoms. The molecule has 2 aromatic carbocycles. The van der Waals surface area contributed by atoms with Crippen LogP contribution in [-0.2, 0) is 11.2 Å². The van der Waals surface area contributed by atoms with Gasteiger partial charge >= 0.3 is 5.97 Å². The minimum Gasteiger partial charge on any atom is -0.481 e. The molecule has 0 aliphatic rings. The van der Waals surface area contributed by atoms with E-state index in [-0.39, 0.29) is 18.4 Å². The van der Waals surface area contributed by atoms with Crippen molar-refractivity contribution >= 4 is 23.5 Å². The first-order valence-electron chi connectivity index (χ1n) is 7.79. The zero-order valence-electron chi connectivity index (χ0n) is 13.5. The number of hydrogen-bond acceptors (Lipinski definition) is 2. The Hall–Kier alpha value is -2.33. The molecule has 2 N–H and O–H groups in total. The van der Waals surface area contributed by atoms with E-state index in [1.165, 1.54) is 0 Å². The second-order valence-corrected chi connectivity index (χ2v) is 6.11. The highest BCUT2D eigenvalue weighted by atomic mass is 35.5. The number of carbonyl (C=O) groups excluding carboxylic acids is 1. The fourth-order valence-corrected chi connectivity index (χ4v) is 2.72. The second kappa shape index (κ2) is 8.50. The van der Waals surface area contributed by atoms with Gasteiger partial charge in [0.25, 0.3) is 5.91 Å². The first kappa shape index (κ1) is 18.0. The number of hydrogen-bond donors (Lipinski definition) is 2. The van der Waals surface area contributed by atoms with Crippen LogP contribution in [0.1, 0.15) is 34.3 Å². The normalized spacial score (nSPS) is 11.8. The zero-order chi connectivity index (χ0) is 17.5. The van der Waals surface area contributed by atoms with Crippen molar-refractivity contribution in [1.29, 1.82) is 0 Å². The third kappa shape index (κ3) is 5.10. The van der Waals surface area contributed by atoms with Crippen LogP contribution in [0.4, 0.5) is 0 Å². The fraction of sp³-hybridized carbons (Fsp3) is 0.263. The Morgan fingerprint density at radius 1 is 1.12 bits per heavy atom. The van der Waals surface area contributed by atoms with Gasteiger partial charge in [0, 0.05) is 12.5 Å². The van der Waals surface area contributed by atoms with Crippen molar-refractivity contribution in [1.82, 2.24) is 5.32 Å². The number of nitrogens with one attached hydrogen (secondary N) is 1. The minimum absolute atomic E-state index is 0.000665. The molecule has 0 radical (unpaired) electrons. The summed E-state index contributed by atoms with van der Waals surface area (Å²) in [7, 11) is 0. The molecule has 0 aromatic heterocycles. The number of aryl methyl sites for hydroxylation is 1. The Kier molecular flexibility index (Phi) is 6.38. The van der Waals surface area contributed by atoms with Gasteiger partial charge in [-0.2, -0.15) is 0 Å². The molecule has 2 aromatic rings. The molecule has 0 fully saturated rings. The first-order valence-corrected chi connectivity index (χ1v) is 8.17. The molecule has 126 valence electrons. The molecule has 0 spiro atoms. The molecular formula is C19H20ClNO3. The number of halogens is 1. The van der Waals surface area contributed by atoms with Gasteiger partial charge in [0.05, 0.1) is 10.6 Å². The molecule has 5 heteroatoms. The van der Waals surface area contributed by atoms with E-state index >= 15 is 0 Å². The maximum atomic E-state index is 12.5. The number of carboxylic acid groups (broad SMARTS) is 1. The van der Waals surface area contributed by atoms with Crippen LogP contribution in [-0.4, -0.2) is 23.0 Å². The van der Waals surface area contributed by atoms with Gasteiger partial charge in [-0.25, -0.2) is 0 Å². The molecule has 1 atom stereocenters. The van der Waals surface area contributed by atoms with E-state index in [4.69, 9.17) is 16.7 Å². The first-order chi connectivity index (χ1) is 11.5. The van der Waals surface area contributed by atoms with E-state index in [1.807, 2.05) is 43.3 Å². The summed E-state index contributed by atoms with van der Waals surface area (Å²) in [6.45, 7) is 1.84. The van der Waals surface area contributed by atoms with Crippen molar-refractivity contribution in [3.63, 3.8) is 0 Å². The van der Waals surface area contributed by atoms with Crippen molar-refractivity contribution in [2.24, 2.45) is 0 Å².